The molecule has 1 nitrogen and oxygen atoms in total. The SMILES string of the molecule is CCc1ccc(CC(C)CC)c2c1OCC2(F)F. The second-order valence-corrected chi connectivity index (χ2v) is 5.15. The second-order valence-electron chi connectivity index (χ2n) is 5.15. The molecule has 2 rings (SSSR count). The van der Waals surface area contributed by atoms with Crippen molar-refractivity contribution in [2.45, 2.75) is 46.0 Å². The van der Waals surface area contributed by atoms with E-state index in [1.165, 1.54) is 0 Å². The highest BCUT2D eigenvalue weighted by Crippen LogP contribution is 2.46. The molecule has 1 heterocycles. The molecule has 1 aliphatic rings. The summed E-state index contributed by atoms with van der Waals surface area (Å²) in [5.74, 6) is -1.98. The van der Waals surface area contributed by atoms with E-state index in [0.29, 0.717) is 18.1 Å². The molecule has 0 amide bonds. The van der Waals surface area contributed by atoms with E-state index >= 15 is 0 Å². The first kappa shape index (κ1) is 13.3. The molecule has 0 bridgehead atoms. The van der Waals surface area contributed by atoms with Gasteiger partial charge >= 0.3 is 5.92 Å². The third-order valence-electron chi connectivity index (χ3n) is 3.74. The van der Waals surface area contributed by atoms with Crippen molar-refractivity contribution in [1.82, 2.24) is 0 Å². The lowest BCUT2D eigenvalue weighted by molar-refractivity contribution is -0.0220. The predicted molar refractivity (Wildman–Crippen MR) is 68.4 cm³/mol. The molecule has 1 aromatic carbocycles. The topological polar surface area (TPSA) is 9.23 Å². The molecule has 1 atom stereocenters. The summed E-state index contributed by atoms with van der Waals surface area (Å²) in [6.07, 6.45) is 2.42. The third kappa shape index (κ3) is 2.23. The predicted octanol–water partition coefficient (Wildman–Crippen LogP) is 4.32. The van der Waals surface area contributed by atoms with Crippen molar-refractivity contribution in [3.63, 3.8) is 0 Å². The highest BCUT2D eigenvalue weighted by Gasteiger charge is 2.44. The molecule has 18 heavy (non-hydrogen) atoms. The molecule has 1 aliphatic heterocycles. The van der Waals surface area contributed by atoms with Crippen LogP contribution >= 0.6 is 0 Å². The minimum absolute atomic E-state index is 0.141. The standard InChI is InChI=1S/C15H20F2O/c1-4-10(3)8-12-7-6-11(5-2)14-13(12)15(16,17)9-18-14/h6-7,10H,4-5,8-9H2,1-3H3. The molecule has 100 valence electrons. The maximum Gasteiger partial charge on any atom is 0.310 e. The fourth-order valence-electron chi connectivity index (χ4n) is 2.44. The lowest BCUT2D eigenvalue weighted by atomic mass is 9.91. The lowest BCUT2D eigenvalue weighted by Gasteiger charge is -2.16. The van der Waals surface area contributed by atoms with Gasteiger partial charge in [-0.3, -0.25) is 0 Å². The Balaban J connectivity index is 2.46. The van der Waals surface area contributed by atoms with E-state index in [2.05, 4.69) is 13.8 Å². The first-order valence-corrected chi connectivity index (χ1v) is 6.65. The third-order valence-corrected chi connectivity index (χ3v) is 3.74. The summed E-state index contributed by atoms with van der Waals surface area (Å²) in [6, 6.07) is 3.78. The lowest BCUT2D eigenvalue weighted by Crippen LogP contribution is -2.17. The Labute approximate surface area is 107 Å². The van der Waals surface area contributed by atoms with Gasteiger partial charge in [0.2, 0.25) is 0 Å². The fourth-order valence-corrected chi connectivity index (χ4v) is 2.44. The Morgan fingerprint density at radius 3 is 2.56 bits per heavy atom. The van der Waals surface area contributed by atoms with Crippen LogP contribution in [0.5, 0.6) is 5.75 Å². The smallest absolute Gasteiger partial charge is 0.310 e. The molecular formula is C15H20F2O. The summed E-state index contributed by atoms with van der Waals surface area (Å²) in [6.45, 7) is 5.63. The van der Waals surface area contributed by atoms with Gasteiger partial charge in [-0.1, -0.05) is 39.3 Å². The van der Waals surface area contributed by atoms with Crippen LogP contribution in [0.2, 0.25) is 0 Å². The van der Waals surface area contributed by atoms with Gasteiger partial charge in [0.15, 0.2) is 6.61 Å². The number of hydrogen-bond acceptors (Lipinski definition) is 1. The maximum absolute atomic E-state index is 13.9. The molecule has 0 fully saturated rings. The number of aryl methyl sites for hydroxylation is 1. The number of benzene rings is 1. The average molecular weight is 254 g/mol. The Bertz CT molecular complexity index is 440. The monoisotopic (exact) mass is 254 g/mol. The van der Waals surface area contributed by atoms with Crippen molar-refractivity contribution in [1.29, 1.82) is 0 Å². The largest absolute Gasteiger partial charge is 0.486 e. The Kier molecular flexibility index (Phi) is 3.60. The molecule has 0 spiro atoms. The van der Waals surface area contributed by atoms with Crippen molar-refractivity contribution in [3.05, 3.63) is 28.8 Å². The molecule has 3 heteroatoms. The van der Waals surface area contributed by atoms with Gasteiger partial charge in [0, 0.05) is 0 Å². The first-order chi connectivity index (χ1) is 8.49. The van der Waals surface area contributed by atoms with Gasteiger partial charge in [-0.25, -0.2) is 0 Å². The van der Waals surface area contributed by atoms with Crippen molar-refractivity contribution in [3.8, 4) is 5.75 Å². The maximum atomic E-state index is 13.9. The van der Waals surface area contributed by atoms with Gasteiger partial charge in [-0.2, -0.15) is 8.78 Å². The van der Waals surface area contributed by atoms with Crippen LogP contribution in [0.25, 0.3) is 0 Å². The van der Waals surface area contributed by atoms with E-state index in [4.69, 9.17) is 4.74 Å². The van der Waals surface area contributed by atoms with Crippen LogP contribution in [0.3, 0.4) is 0 Å². The zero-order chi connectivity index (χ0) is 13.3. The summed E-state index contributed by atoms with van der Waals surface area (Å²) in [7, 11) is 0. The van der Waals surface area contributed by atoms with E-state index < -0.39 is 12.5 Å². The first-order valence-electron chi connectivity index (χ1n) is 6.65. The van der Waals surface area contributed by atoms with Crippen LogP contribution in [0, 0.1) is 5.92 Å². The van der Waals surface area contributed by atoms with Gasteiger partial charge in [0.25, 0.3) is 0 Å². The molecule has 0 saturated heterocycles. The van der Waals surface area contributed by atoms with Crippen LogP contribution in [0.15, 0.2) is 12.1 Å². The Morgan fingerprint density at radius 1 is 1.28 bits per heavy atom. The van der Waals surface area contributed by atoms with Crippen LogP contribution < -0.4 is 4.74 Å². The molecule has 0 saturated carbocycles. The number of halogens is 2. The Morgan fingerprint density at radius 2 is 1.94 bits per heavy atom. The number of rotatable bonds is 4. The fraction of sp³-hybridized carbons (Fsp3) is 0.600. The normalized spacial score (nSPS) is 18.3. The van der Waals surface area contributed by atoms with Gasteiger partial charge < -0.3 is 4.74 Å². The van der Waals surface area contributed by atoms with Gasteiger partial charge in [-0.05, 0) is 29.9 Å². The van der Waals surface area contributed by atoms with Crippen LogP contribution in [-0.2, 0) is 18.8 Å². The number of fused-ring (bicyclic) bond motifs is 1. The zero-order valence-electron chi connectivity index (χ0n) is 11.2. The van der Waals surface area contributed by atoms with Gasteiger partial charge in [-0.15, -0.1) is 0 Å². The number of alkyl halides is 2. The van der Waals surface area contributed by atoms with Crippen LogP contribution in [0.1, 0.15) is 43.9 Å². The summed E-state index contributed by atoms with van der Waals surface area (Å²) >= 11 is 0. The minimum atomic E-state index is -2.83. The van der Waals surface area contributed by atoms with E-state index in [9.17, 15) is 8.78 Å². The minimum Gasteiger partial charge on any atom is -0.486 e. The highest BCUT2D eigenvalue weighted by molar-refractivity contribution is 5.51. The molecular weight excluding hydrogens is 234 g/mol. The molecule has 0 aromatic heterocycles. The van der Waals surface area contributed by atoms with Crippen molar-refractivity contribution in [2.75, 3.05) is 6.61 Å². The van der Waals surface area contributed by atoms with Crippen molar-refractivity contribution in [2.24, 2.45) is 5.92 Å². The molecule has 1 unspecified atom stereocenters. The van der Waals surface area contributed by atoms with Crippen LogP contribution in [0.4, 0.5) is 8.78 Å². The number of ether oxygens (including phenoxy) is 1. The van der Waals surface area contributed by atoms with E-state index in [1.54, 1.807) is 0 Å². The van der Waals surface area contributed by atoms with Crippen molar-refractivity contribution < 1.29 is 13.5 Å². The van der Waals surface area contributed by atoms with Crippen LogP contribution in [-0.4, -0.2) is 6.61 Å². The quantitative estimate of drug-likeness (QED) is 0.777. The van der Waals surface area contributed by atoms with E-state index in [1.807, 2.05) is 19.1 Å². The summed E-state index contributed by atoms with van der Waals surface area (Å²) in [4.78, 5) is 0. The zero-order valence-corrected chi connectivity index (χ0v) is 11.2. The average Bonchev–Trinajstić information content (AvgIpc) is 2.66. The van der Waals surface area contributed by atoms with Gasteiger partial charge in [0.1, 0.15) is 5.75 Å². The van der Waals surface area contributed by atoms with Crippen molar-refractivity contribution >= 4 is 0 Å². The molecule has 0 N–H and O–H groups in total. The summed E-state index contributed by atoms with van der Waals surface area (Å²) in [5.41, 5.74) is 1.77. The molecule has 1 aromatic rings. The summed E-state index contributed by atoms with van der Waals surface area (Å²) in [5, 5.41) is 0. The van der Waals surface area contributed by atoms with E-state index in [0.717, 1.165) is 24.0 Å². The second kappa shape index (κ2) is 4.87. The summed E-state index contributed by atoms with van der Waals surface area (Å²) < 4.78 is 33.1. The highest BCUT2D eigenvalue weighted by atomic mass is 19.3. The molecule has 0 aliphatic carbocycles. The Hall–Kier alpha value is -1.12. The molecule has 0 radical (unpaired) electrons. The van der Waals surface area contributed by atoms with Gasteiger partial charge in [0.05, 0.1) is 5.56 Å². The number of hydrogen-bond donors (Lipinski definition) is 0. The van der Waals surface area contributed by atoms with E-state index in [-0.39, 0.29) is 5.56 Å².